The zero-order valence-electron chi connectivity index (χ0n) is 14.0. The highest BCUT2D eigenvalue weighted by molar-refractivity contribution is 7.16. The molecule has 1 aliphatic rings. The Morgan fingerprint density at radius 2 is 2.15 bits per heavy atom. The van der Waals surface area contributed by atoms with Crippen LogP contribution in [0.1, 0.15) is 32.8 Å². The standard InChI is InChI=1S/C19H17ClN2O3S/c1-2-3-10-25-19(24)22-9-8-13-15(11-22)26-18(21)16(13)17(23)12-6-4-5-7-14(12)20/h1,4-7H,3,8-11,21H2. The van der Waals surface area contributed by atoms with Crippen molar-refractivity contribution in [2.75, 3.05) is 18.9 Å². The number of nitrogen functional groups attached to an aromatic ring is 1. The van der Waals surface area contributed by atoms with Crippen LogP contribution >= 0.6 is 22.9 Å². The van der Waals surface area contributed by atoms with E-state index in [-0.39, 0.29) is 12.4 Å². The minimum atomic E-state index is -0.406. The van der Waals surface area contributed by atoms with Crippen LogP contribution in [0.3, 0.4) is 0 Å². The zero-order chi connectivity index (χ0) is 18.7. The van der Waals surface area contributed by atoms with Gasteiger partial charge in [-0.15, -0.1) is 23.7 Å². The van der Waals surface area contributed by atoms with Gasteiger partial charge in [0, 0.05) is 23.4 Å². The molecule has 3 rings (SSSR count). The maximum Gasteiger partial charge on any atom is 0.410 e. The Morgan fingerprint density at radius 1 is 1.38 bits per heavy atom. The van der Waals surface area contributed by atoms with Crippen molar-refractivity contribution < 1.29 is 14.3 Å². The predicted octanol–water partition coefficient (Wildman–Crippen LogP) is 3.73. The monoisotopic (exact) mass is 388 g/mol. The van der Waals surface area contributed by atoms with Gasteiger partial charge >= 0.3 is 6.09 Å². The van der Waals surface area contributed by atoms with Crippen molar-refractivity contribution in [2.45, 2.75) is 19.4 Å². The van der Waals surface area contributed by atoms with Crippen molar-refractivity contribution in [2.24, 2.45) is 0 Å². The molecule has 2 aromatic rings. The number of hydrogen-bond donors (Lipinski definition) is 1. The molecule has 0 unspecified atom stereocenters. The maximum absolute atomic E-state index is 12.9. The van der Waals surface area contributed by atoms with Crippen LogP contribution in [0.25, 0.3) is 0 Å². The second-order valence-electron chi connectivity index (χ2n) is 5.79. The molecule has 7 heteroatoms. The number of amides is 1. The van der Waals surface area contributed by atoms with Gasteiger partial charge in [-0.05, 0) is 24.1 Å². The van der Waals surface area contributed by atoms with Crippen LogP contribution < -0.4 is 5.73 Å². The minimum Gasteiger partial charge on any atom is -0.448 e. The third-order valence-corrected chi connectivity index (χ3v) is 5.54. The molecule has 134 valence electrons. The van der Waals surface area contributed by atoms with E-state index in [1.54, 1.807) is 29.2 Å². The maximum atomic E-state index is 12.9. The molecule has 0 aliphatic carbocycles. The summed E-state index contributed by atoms with van der Waals surface area (Å²) >= 11 is 7.48. The van der Waals surface area contributed by atoms with Gasteiger partial charge in [-0.25, -0.2) is 4.79 Å². The summed E-state index contributed by atoms with van der Waals surface area (Å²) in [6, 6.07) is 6.90. The van der Waals surface area contributed by atoms with Gasteiger partial charge in [-0.2, -0.15) is 0 Å². The summed E-state index contributed by atoms with van der Waals surface area (Å²) in [4.78, 5) is 27.5. The van der Waals surface area contributed by atoms with Gasteiger partial charge in [0.2, 0.25) is 0 Å². The third kappa shape index (κ3) is 3.55. The number of hydrogen-bond acceptors (Lipinski definition) is 5. The molecular formula is C19H17ClN2O3S. The number of thiophene rings is 1. The lowest BCUT2D eigenvalue weighted by Gasteiger charge is -2.26. The fourth-order valence-corrected chi connectivity index (χ4v) is 4.25. The Labute approximate surface area is 160 Å². The molecule has 0 spiro atoms. The molecule has 0 bridgehead atoms. The Hall–Kier alpha value is -2.49. The normalized spacial score (nSPS) is 13.0. The highest BCUT2D eigenvalue weighted by atomic mass is 35.5. The van der Waals surface area contributed by atoms with E-state index in [4.69, 9.17) is 28.5 Å². The average Bonchev–Trinajstić information content (AvgIpc) is 2.96. The molecule has 2 N–H and O–H groups in total. The van der Waals surface area contributed by atoms with Crippen molar-refractivity contribution in [3.63, 3.8) is 0 Å². The number of carbonyl (C=O) groups is 2. The summed E-state index contributed by atoms with van der Waals surface area (Å²) in [6.45, 7) is 1.03. The molecule has 1 aromatic carbocycles. The van der Waals surface area contributed by atoms with Crippen molar-refractivity contribution >= 4 is 39.8 Å². The number of nitrogens with two attached hydrogens (primary N) is 1. The lowest BCUT2D eigenvalue weighted by molar-refractivity contribution is 0.100. The van der Waals surface area contributed by atoms with Crippen molar-refractivity contribution in [3.8, 4) is 12.3 Å². The first-order valence-electron chi connectivity index (χ1n) is 8.07. The third-order valence-electron chi connectivity index (χ3n) is 4.16. The highest BCUT2D eigenvalue weighted by Gasteiger charge is 2.30. The van der Waals surface area contributed by atoms with E-state index in [2.05, 4.69) is 5.92 Å². The lowest BCUT2D eigenvalue weighted by Crippen LogP contribution is -2.36. The second kappa shape index (κ2) is 7.81. The Balaban J connectivity index is 1.82. The number of ether oxygens (including phenoxy) is 1. The molecule has 1 aliphatic heterocycles. The average molecular weight is 389 g/mol. The fourth-order valence-electron chi connectivity index (χ4n) is 2.90. The molecule has 0 saturated heterocycles. The van der Waals surface area contributed by atoms with Gasteiger partial charge in [0.1, 0.15) is 6.61 Å². The Bertz CT molecular complexity index is 901. The second-order valence-corrected chi connectivity index (χ2v) is 7.34. The first kappa shape index (κ1) is 18.3. The van der Waals surface area contributed by atoms with Crippen molar-refractivity contribution in [3.05, 3.63) is 50.9 Å². The molecule has 1 amide bonds. The van der Waals surface area contributed by atoms with Crippen LogP contribution in [-0.2, 0) is 17.7 Å². The first-order valence-corrected chi connectivity index (χ1v) is 9.26. The summed E-state index contributed by atoms with van der Waals surface area (Å²) < 4.78 is 5.14. The van der Waals surface area contributed by atoms with Gasteiger partial charge in [-0.1, -0.05) is 23.7 Å². The molecule has 0 saturated carbocycles. The molecule has 0 atom stereocenters. The predicted molar refractivity (Wildman–Crippen MR) is 103 cm³/mol. The number of terminal acetylenes is 1. The van der Waals surface area contributed by atoms with E-state index < -0.39 is 6.09 Å². The fraction of sp³-hybridized carbons (Fsp3) is 0.263. The first-order chi connectivity index (χ1) is 12.5. The summed E-state index contributed by atoms with van der Waals surface area (Å²) in [7, 11) is 0. The number of nitrogens with zero attached hydrogens (tertiary/aromatic N) is 1. The molecular weight excluding hydrogens is 372 g/mol. The van der Waals surface area contributed by atoms with E-state index in [9.17, 15) is 9.59 Å². The van der Waals surface area contributed by atoms with Crippen LogP contribution in [-0.4, -0.2) is 29.9 Å². The molecule has 5 nitrogen and oxygen atoms in total. The van der Waals surface area contributed by atoms with Gasteiger partial charge in [-0.3, -0.25) is 4.79 Å². The molecule has 2 heterocycles. The molecule has 26 heavy (non-hydrogen) atoms. The summed E-state index contributed by atoms with van der Waals surface area (Å²) in [5, 5.41) is 0.842. The van der Waals surface area contributed by atoms with Crippen LogP contribution in [0.5, 0.6) is 0 Å². The van der Waals surface area contributed by atoms with E-state index in [1.165, 1.54) is 11.3 Å². The van der Waals surface area contributed by atoms with Crippen LogP contribution in [0.2, 0.25) is 5.02 Å². The van der Waals surface area contributed by atoms with Crippen molar-refractivity contribution in [1.82, 2.24) is 4.90 Å². The van der Waals surface area contributed by atoms with E-state index in [0.717, 1.165) is 10.4 Å². The topological polar surface area (TPSA) is 72.6 Å². The molecule has 0 radical (unpaired) electrons. The largest absolute Gasteiger partial charge is 0.448 e. The van der Waals surface area contributed by atoms with E-state index in [1.807, 2.05) is 0 Å². The number of rotatable bonds is 4. The number of ketones is 1. The van der Waals surface area contributed by atoms with Gasteiger partial charge in [0.15, 0.2) is 5.78 Å². The smallest absolute Gasteiger partial charge is 0.410 e. The SMILES string of the molecule is C#CCCOC(=O)N1CCc2c(sc(N)c2C(=O)c2ccccc2Cl)C1. The summed E-state index contributed by atoms with van der Waals surface area (Å²) in [5.74, 6) is 2.24. The Morgan fingerprint density at radius 3 is 2.88 bits per heavy atom. The van der Waals surface area contributed by atoms with Crippen LogP contribution in [0.4, 0.5) is 9.80 Å². The highest BCUT2D eigenvalue weighted by Crippen LogP contribution is 2.37. The van der Waals surface area contributed by atoms with Gasteiger partial charge in [0.05, 0.1) is 22.1 Å². The number of benzene rings is 1. The van der Waals surface area contributed by atoms with E-state index in [0.29, 0.717) is 47.1 Å². The van der Waals surface area contributed by atoms with Crippen LogP contribution in [0.15, 0.2) is 24.3 Å². The summed E-state index contributed by atoms with van der Waals surface area (Å²) in [5.41, 5.74) is 7.95. The molecule has 1 aromatic heterocycles. The van der Waals surface area contributed by atoms with Crippen LogP contribution in [0, 0.1) is 12.3 Å². The lowest BCUT2D eigenvalue weighted by atomic mass is 9.96. The van der Waals surface area contributed by atoms with Gasteiger partial charge in [0.25, 0.3) is 0 Å². The van der Waals surface area contributed by atoms with Gasteiger partial charge < -0.3 is 15.4 Å². The zero-order valence-corrected chi connectivity index (χ0v) is 15.5. The number of anilines is 1. The van der Waals surface area contributed by atoms with Crippen molar-refractivity contribution in [1.29, 1.82) is 0 Å². The number of halogens is 1. The Kier molecular flexibility index (Phi) is 5.50. The molecule has 0 fully saturated rings. The summed E-state index contributed by atoms with van der Waals surface area (Å²) in [6.07, 6.45) is 5.67. The number of fused-ring (bicyclic) bond motifs is 1. The number of carbonyl (C=O) groups excluding carboxylic acids is 2. The quantitative estimate of drug-likeness (QED) is 0.492. The van der Waals surface area contributed by atoms with E-state index >= 15 is 0 Å². The minimum absolute atomic E-state index is 0.185.